The lowest BCUT2D eigenvalue weighted by molar-refractivity contribution is -0.117. The molecular formula is C15H16N2O4. The first-order valence-electron chi connectivity index (χ1n) is 6.46. The summed E-state index contributed by atoms with van der Waals surface area (Å²) in [6.07, 6.45) is 3.04. The van der Waals surface area contributed by atoms with E-state index in [1.807, 2.05) is 6.92 Å². The molecule has 0 radical (unpaired) electrons. The van der Waals surface area contributed by atoms with E-state index in [0.717, 1.165) is 12.8 Å². The molecule has 0 aromatic heterocycles. The Morgan fingerprint density at radius 3 is 2.67 bits per heavy atom. The van der Waals surface area contributed by atoms with Crippen molar-refractivity contribution in [2.24, 2.45) is 0 Å². The van der Waals surface area contributed by atoms with E-state index in [-0.39, 0.29) is 11.1 Å². The van der Waals surface area contributed by atoms with Crippen molar-refractivity contribution in [1.82, 2.24) is 5.32 Å². The van der Waals surface area contributed by atoms with Gasteiger partial charge in [0.25, 0.3) is 5.91 Å². The molecule has 1 amide bonds. The Hall–Kier alpha value is -2.81. The third kappa shape index (κ3) is 4.66. The number of phenols is 1. The van der Waals surface area contributed by atoms with E-state index in [4.69, 9.17) is 10.4 Å². The molecule has 0 atom stereocenters. The van der Waals surface area contributed by atoms with Crippen LogP contribution < -0.4 is 5.32 Å². The highest BCUT2D eigenvalue weighted by atomic mass is 16.4. The smallest absolute Gasteiger partial charge is 0.339 e. The van der Waals surface area contributed by atoms with E-state index in [9.17, 15) is 14.7 Å². The zero-order chi connectivity index (χ0) is 15.8. The molecule has 0 unspecified atom stereocenters. The van der Waals surface area contributed by atoms with Gasteiger partial charge in [-0.2, -0.15) is 5.26 Å². The monoisotopic (exact) mass is 288 g/mol. The fourth-order valence-electron chi connectivity index (χ4n) is 1.61. The highest BCUT2D eigenvalue weighted by Gasteiger charge is 2.11. The van der Waals surface area contributed by atoms with Gasteiger partial charge in [0.05, 0.1) is 0 Å². The molecule has 0 bridgehead atoms. The second kappa shape index (κ2) is 7.70. The number of unbranched alkanes of at least 4 members (excludes halogenated alkanes) is 1. The van der Waals surface area contributed by atoms with Crippen molar-refractivity contribution in [1.29, 1.82) is 5.26 Å². The highest BCUT2D eigenvalue weighted by molar-refractivity contribution is 6.01. The number of aromatic carboxylic acids is 1. The molecule has 6 heteroatoms. The number of carboxylic acids is 1. The fourth-order valence-corrected chi connectivity index (χ4v) is 1.61. The number of amides is 1. The number of nitrogens with zero attached hydrogens (tertiary/aromatic N) is 1. The van der Waals surface area contributed by atoms with E-state index in [0.29, 0.717) is 12.1 Å². The Labute approximate surface area is 122 Å². The minimum Gasteiger partial charge on any atom is -0.507 e. The first kappa shape index (κ1) is 16.2. The molecule has 1 aromatic rings. The molecule has 0 heterocycles. The van der Waals surface area contributed by atoms with Gasteiger partial charge in [0, 0.05) is 6.54 Å². The molecule has 0 fully saturated rings. The van der Waals surface area contributed by atoms with E-state index >= 15 is 0 Å². The SMILES string of the molecule is CCCCNC(=O)/C(C#N)=C/c1ccc(C(=O)O)c(O)c1. The van der Waals surface area contributed by atoms with Crippen molar-refractivity contribution in [3.05, 3.63) is 34.9 Å². The highest BCUT2D eigenvalue weighted by Crippen LogP contribution is 2.20. The first-order chi connectivity index (χ1) is 9.99. The van der Waals surface area contributed by atoms with E-state index < -0.39 is 17.6 Å². The summed E-state index contributed by atoms with van der Waals surface area (Å²) >= 11 is 0. The van der Waals surface area contributed by atoms with Gasteiger partial charge in [0.15, 0.2) is 0 Å². The lowest BCUT2D eigenvalue weighted by Crippen LogP contribution is -2.25. The van der Waals surface area contributed by atoms with Crippen molar-refractivity contribution < 1.29 is 19.8 Å². The van der Waals surface area contributed by atoms with Crippen LogP contribution in [-0.4, -0.2) is 28.6 Å². The lowest BCUT2D eigenvalue weighted by atomic mass is 10.1. The quantitative estimate of drug-likeness (QED) is 0.421. The summed E-state index contributed by atoms with van der Waals surface area (Å²) in [5.41, 5.74) is 0.0336. The summed E-state index contributed by atoms with van der Waals surface area (Å²) in [5.74, 6) is -2.16. The Morgan fingerprint density at radius 1 is 1.43 bits per heavy atom. The fraction of sp³-hybridized carbons (Fsp3) is 0.267. The second-order valence-electron chi connectivity index (χ2n) is 4.36. The van der Waals surface area contributed by atoms with Gasteiger partial charge in [-0.3, -0.25) is 4.79 Å². The predicted molar refractivity (Wildman–Crippen MR) is 76.6 cm³/mol. The zero-order valence-electron chi connectivity index (χ0n) is 11.6. The Balaban J connectivity index is 2.93. The van der Waals surface area contributed by atoms with Gasteiger partial charge < -0.3 is 15.5 Å². The molecule has 110 valence electrons. The van der Waals surface area contributed by atoms with Crippen LogP contribution in [0.15, 0.2) is 23.8 Å². The average molecular weight is 288 g/mol. The minimum absolute atomic E-state index is 0.103. The molecule has 1 aromatic carbocycles. The van der Waals surface area contributed by atoms with Gasteiger partial charge >= 0.3 is 5.97 Å². The Kier molecular flexibility index (Phi) is 5.96. The predicted octanol–water partition coefficient (Wildman–Crippen LogP) is 1.91. The first-order valence-corrected chi connectivity index (χ1v) is 6.46. The van der Waals surface area contributed by atoms with Crippen LogP contribution >= 0.6 is 0 Å². The van der Waals surface area contributed by atoms with Gasteiger partial charge in [0.1, 0.15) is 23.0 Å². The van der Waals surface area contributed by atoms with Crippen molar-refractivity contribution in [3.8, 4) is 11.8 Å². The van der Waals surface area contributed by atoms with Crippen molar-refractivity contribution in [3.63, 3.8) is 0 Å². The number of hydrogen-bond donors (Lipinski definition) is 3. The summed E-state index contributed by atoms with van der Waals surface area (Å²) < 4.78 is 0. The van der Waals surface area contributed by atoms with Gasteiger partial charge in [-0.15, -0.1) is 0 Å². The normalized spacial score (nSPS) is 10.8. The van der Waals surface area contributed by atoms with E-state index in [1.54, 1.807) is 6.07 Å². The molecular weight excluding hydrogens is 272 g/mol. The lowest BCUT2D eigenvalue weighted by Gasteiger charge is -2.04. The number of carbonyl (C=O) groups excluding carboxylic acids is 1. The Morgan fingerprint density at radius 2 is 2.14 bits per heavy atom. The van der Waals surface area contributed by atoms with Crippen LogP contribution in [-0.2, 0) is 4.79 Å². The molecule has 21 heavy (non-hydrogen) atoms. The molecule has 0 spiro atoms. The zero-order valence-corrected chi connectivity index (χ0v) is 11.6. The van der Waals surface area contributed by atoms with Crippen LogP contribution in [0.3, 0.4) is 0 Å². The van der Waals surface area contributed by atoms with Crippen molar-refractivity contribution in [2.45, 2.75) is 19.8 Å². The number of nitriles is 1. The summed E-state index contributed by atoms with van der Waals surface area (Å²) in [5, 5.41) is 30.0. The maximum Gasteiger partial charge on any atom is 0.339 e. The molecule has 0 aliphatic rings. The number of rotatable bonds is 6. The minimum atomic E-state index is -1.25. The molecule has 0 saturated carbocycles. The van der Waals surface area contributed by atoms with Gasteiger partial charge in [-0.1, -0.05) is 19.4 Å². The standard InChI is InChI=1S/C15H16N2O4/c1-2-3-6-17-14(19)11(9-16)7-10-4-5-12(15(20)21)13(18)8-10/h4-5,7-8,18H,2-3,6H2,1H3,(H,17,19)(H,20,21)/b11-7+. The van der Waals surface area contributed by atoms with Crippen LogP contribution in [0.5, 0.6) is 5.75 Å². The van der Waals surface area contributed by atoms with Crippen LogP contribution in [0.2, 0.25) is 0 Å². The summed E-state index contributed by atoms with van der Waals surface area (Å²) in [7, 11) is 0. The number of carbonyl (C=O) groups is 2. The Bertz CT molecular complexity index is 615. The summed E-state index contributed by atoms with van der Waals surface area (Å²) in [6, 6.07) is 5.61. The van der Waals surface area contributed by atoms with Crippen molar-refractivity contribution in [2.75, 3.05) is 6.54 Å². The van der Waals surface area contributed by atoms with Crippen LogP contribution in [0.1, 0.15) is 35.7 Å². The maximum absolute atomic E-state index is 11.8. The molecule has 0 aliphatic heterocycles. The third-order valence-electron chi connectivity index (χ3n) is 2.74. The van der Waals surface area contributed by atoms with Gasteiger partial charge in [-0.25, -0.2) is 4.79 Å². The van der Waals surface area contributed by atoms with Gasteiger partial charge in [-0.05, 0) is 30.2 Å². The molecule has 3 N–H and O–H groups in total. The average Bonchev–Trinajstić information content (AvgIpc) is 2.44. The number of aromatic hydroxyl groups is 1. The van der Waals surface area contributed by atoms with E-state index in [2.05, 4.69) is 5.32 Å². The topological polar surface area (TPSA) is 110 Å². The number of benzene rings is 1. The van der Waals surface area contributed by atoms with Crippen molar-refractivity contribution >= 4 is 18.0 Å². The van der Waals surface area contributed by atoms with E-state index in [1.165, 1.54) is 24.3 Å². The molecule has 0 aliphatic carbocycles. The molecule has 1 rings (SSSR count). The maximum atomic E-state index is 11.8. The number of carboxylic acid groups (broad SMARTS) is 1. The van der Waals surface area contributed by atoms with Crippen LogP contribution in [0, 0.1) is 11.3 Å². The summed E-state index contributed by atoms with van der Waals surface area (Å²) in [6.45, 7) is 2.47. The molecule has 6 nitrogen and oxygen atoms in total. The number of hydrogen-bond acceptors (Lipinski definition) is 4. The summed E-state index contributed by atoms with van der Waals surface area (Å²) in [4.78, 5) is 22.5. The second-order valence-corrected chi connectivity index (χ2v) is 4.36. The van der Waals surface area contributed by atoms with Crippen LogP contribution in [0.25, 0.3) is 6.08 Å². The third-order valence-corrected chi connectivity index (χ3v) is 2.74. The van der Waals surface area contributed by atoms with Crippen LogP contribution in [0.4, 0.5) is 0 Å². The number of nitrogens with one attached hydrogen (secondary N) is 1. The largest absolute Gasteiger partial charge is 0.507 e. The molecule has 0 saturated heterocycles. The van der Waals surface area contributed by atoms with Gasteiger partial charge in [0.2, 0.25) is 0 Å².